The Bertz CT molecular complexity index is 903. The van der Waals surface area contributed by atoms with Crippen LogP contribution >= 0.6 is 0 Å². The molecule has 0 saturated heterocycles. The Morgan fingerprint density at radius 2 is 1.89 bits per heavy atom. The van der Waals surface area contributed by atoms with E-state index in [9.17, 15) is 0 Å². The van der Waals surface area contributed by atoms with E-state index in [1.165, 1.54) is 5.52 Å². The number of ether oxygens (including phenoxy) is 1. The van der Waals surface area contributed by atoms with Crippen molar-refractivity contribution >= 4 is 17.0 Å². The molecule has 0 aliphatic carbocycles. The molecule has 0 aliphatic heterocycles. The highest BCUT2D eigenvalue weighted by molar-refractivity contribution is 5.79. The summed E-state index contributed by atoms with van der Waals surface area (Å²) < 4.78 is 7.88. The fraction of sp³-hybridized carbons (Fsp3) is 0.364. The molecule has 0 radical (unpaired) electrons. The van der Waals surface area contributed by atoms with Gasteiger partial charge in [-0.25, -0.2) is 9.98 Å². The molecule has 0 amide bonds. The third-order valence-corrected chi connectivity index (χ3v) is 4.42. The van der Waals surface area contributed by atoms with Gasteiger partial charge in [0.05, 0.1) is 30.5 Å². The highest BCUT2D eigenvalue weighted by Gasteiger charge is 2.04. The van der Waals surface area contributed by atoms with Gasteiger partial charge in [-0.15, -0.1) is 0 Å². The quantitative estimate of drug-likeness (QED) is 0.339. The van der Waals surface area contributed by atoms with Gasteiger partial charge in [-0.05, 0) is 38.5 Å². The topological polar surface area (TPSA) is 63.5 Å². The Hall–Kier alpha value is -3.02. The highest BCUT2D eigenvalue weighted by Crippen LogP contribution is 2.18. The standard InChI is InChI=1S/C22H29N5O/c1-3-23-22(25-16-18-10-5-8-13-21(18)28-4-2)24-14-9-15-27-17-26-19-11-6-7-12-20(19)27/h5-8,10-13,17H,3-4,9,14-16H2,1-2H3,(H2,23,24,25). The summed E-state index contributed by atoms with van der Waals surface area (Å²) in [6, 6.07) is 16.3. The first-order valence-corrected chi connectivity index (χ1v) is 9.94. The van der Waals surface area contributed by atoms with Crippen LogP contribution in [0, 0.1) is 0 Å². The first kappa shape index (κ1) is 19.7. The maximum atomic E-state index is 5.69. The number of benzene rings is 2. The normalized spacial score (nSPS) is 11.6. The lowest BCUT2D eigenvalue weighted by molar-refractivity contribution is 0.336. The third kappa shape index (κ3) is 5.25. The van der Waals surface area contributed by atoms with E-state index in [4.69, 9.17) is 9.73 Å². The molecule has 2 N–H and O–H groups in total. The minimum Gasteiger partial charge on any atom is -0.494 e. The van der Waals surface area contributed by atoms with Gasteiger partial charge in [0.15, 0.2) is 5.96 Å². The number of aliphatic imine (C=N–C) groups is 1. The number of rotatable bonds is 9. The van der Waals surface area contributed by atoms with Gasteiger partial charge in [0.2, 0.25) is 0 Å². The van der Waals surface area contributed by atoms with Crippen molar-refractivity contribution in [1.82, 2.24) is 20.2 Å². The number of aromatic nitrogens is 2. The third-order valence-electron chi connectivity index (χ3n) is 4.42. The average Bonchev–Trinajstić information content (AvgIpc) is 3.13. The second-order valence-electron chi connectivity index (χ2n) is 6.44. The van der Waals surface area contributed by atoms with Crippen LogP contribution < -0.4 is 15.4 Å². The average molecular weight is 380 g/mol. The number of aryl methyl sites for hydroxylation is 1. The molecule has 28 heavy (non-hydrogen) atoms. The van der Waals surface area contributed by atoms with Gasteiger partial charge < -0.3 is 19.9 Å². The van der Waals surface area contributed by atoms with Gasteiger partial charge in [0.1, 0.15) is 5.75 Å². The second kappa shape index (κ2) is 10.3. The van der Waals surface area contributed by atoms with Crippen molar-refractivity contribution in [2.45, 2.75) is 33.4 Å². The summed E-state index contributed by atoms with van der Waals surface area (Å²) >= 11 is 0. The summed E-state index contributed by atoms with van der Waals surface area (Å²) in [6.45, 7) is 7.88. The number of guanidine groups is 1. The Labute approximate surface area is 166 Å². The lowest BCUT2D eigenvalue weighted by Gasteiger charge is -2.13. The highest BCUT2D eigenvalue weighted by atomic mass is 16.5. The van der Waals surface area contributed by atoms with Crippen molar-refractivity contribution < 1.29 is 4.74 Å². The fourth-order valence-electron chi connectivity index (χ4n) is 3.08. The maximum Gasteiger partial charge on any atom is 0.191 e. The Morgan fingerprint density at radius 1 is 1.07 bits per heavy atom. The van der Waals surface area contributed by atoms with Gasteiger partial charge in [0.25, 0.3) is 0 Å². The Balaban J connectivity index is 1.53. The first-order chi connectivity index (χ1) is 13.8. The predicted molar refractivity (Wildman–Crippen MR) is 115 cm³/mol. The van der Waals surface area contributed by atoms with E-state index < -0.39 is 0 Å². The smallest absolute Gasteiger partial charge is 0.191 e. The summed E-state index contributed by atoms with van der Waals surface area (Å²) in [5.41, 5.74) is 3.31. The number of fused-ring (bicyclic) bond motifs is 1. The zero-order valence-electron chi connectivity index (χ0n) is 16.7. The summed E-state index contributed by atoms with van der Waals surface area (Å²) in [5, 5.41) is 6.72. The number of para-hydroxylation sites is 3. The number of imidazole rings is 1. The minimum atomic E-state index is 0.581. The summed E-state index contributed by atoms with van der Waals surface area (Å²) in [7, 11) is 0. The fourth-order valence-corrected chi connectivity index (χ4v) is 3.08. The van der Waals surface area contributed by atoms with E-state index in [-0.39, 0.29) is 0 Å². The number of hydrogen-bond acceptors (Lipinski definition) is 3. The Morgan fingerprint density at radius 3 is 2.75 bits per heavy atom. The molecule has 1 aromatic heterocycles. The SMILES string of the molecule is CCNC(=NCc1ccccc1OCC)NCCCn1cnc2ccccc21. The molecule has 6 heteroatoms. The van der Waals surface area contributed by atoms with Crippen LogP contribution in [0.25, 0.3) is 11.0 Å². The van der Waals surface area contributed by atoms with Crippen molar-refractivity contribution in [3.8, 4) is 5.75 Å². The number of nitrogens with zero attached hydrogens (tertiary/aromatic N) is 3. The summed E-state index contributed by atoms with van der Waals surface area (Å²) in [6.07, 6.45) is 2.90. The van der Waals surface area contributed by atoms with E-state index in [1.807, 2.05) is 43.6 Å². The van der Waals surface area contributed by atoms with Crippen LogP contribution in [-0.2, 0) is 13.1 Å². The Kier molecular flexibility index (Phi) is 7.29. The van der Waals surface area contributed by atoms with E-state index in [1.54, 1.807) is 0 Å². The van der Waals surface area contributed by atoms with Crippen molar-refractivity contribution in [2.24, 2.45) is 4.99 Å². The molecule has 0 unspecified atom stereocenters. The molecule has 0 aliphatic rings. The van der Waals surface area contributed by atoms with Gasteiger partial charge >= 0.3 is 0 Å². The van der Waals surface area contributed by atoms with Crippen molar-refractivity contribution in [2.75, 3.05) is 19.7 Å². The predicted octanol–water partition coefficient (Wildman–Crippen LogP) is 3.58. The van der Waals surface area contributed by atoms with E-state index in [0.717, 1.165) is 48.8 Å². The summed E-state index contributed by atoms with van der Waals surface area (Å²) in [5.74, 6) is 1.72. The maximum absolute atomic E-state index is 5.69. The lowest BCUT2D eigenvalue weighted by atomic mass is 10.2. The molecule has 0 saturated carbocycles. The van der Waals surface area contributed by atoms with Gasteiger partial charge in [-0.1, -0.05) is 30.3 Å². The van der Waals surface area contributed by atoms with Gasteiger partial charge in [-0.3, -0.25) is 0 Å². The minimum absolute atomic E-state index is 0.581. The van der Waals surface area contributed by atoms with Crippen LogP contribution in [-0.4, -0.2) is 35.2 Å². The van der Waals surface area contributed by atoms with Crippen molar-refractivity contribution in [3.63, 3.8) is 0 Å². The van der Waals surface area contributed by atoms with E-state index >= 15 is 0 Å². The van der Waals surface area contributed by atoms with Gasteiger partial charge in [-0.2, -0.15) is 0 Å². The zero-order chi connectivity index (χ0) is 19.6. The van der Waals surface area contributed by atoms with Crippen LogP contribution in [0.15, 0.2) is 59.9 Å². The number of hydrogen-bond donors (Lipinski definition) is 2. The molecular formula is C22H29N5O. The van der Waals surface area contributed by atoms with Crippen LogP contribution in [0.3, 0.4) is 0 Å². The molecule has 148 valence electrons. The van der Waals surface area contributed by atoms with Crippen LogP contribution in [0.1, 0.15) is 25.8 Å². The van der Waals surface area contributed by atoms with E-state index in [0.29, 0.717) is 13.2 Å². The molecule has 0 fully saturated rings. The van der Waals surface area contributed by atoms with Crippen LogP contribution in [0.5, 0.6) is 5.75 Å². The summed E-state index contributed by atoms with van der Waals surface area (Å²) in [4.78, 5) is 9.15. The van der Waals surface area contributed by atoms with Crippen molar-refractivity contribution in [1.29, 1.82) is 0 Å². The molecule has 0 atom stereocenters. The second-order valence-corrected chi connectivity index (χ2v) is 6.44. The molecular weight excluding hydrogens is 350 g/mol. The van der Waals surface area contributed by atoms with Gasteiger partial charge in [0, 0.05) is 25.2 Å². The largest absolute Gasteiger partial charge is 0.494 e. The number of nitrogens with one attached hydrogen (secondary N) is 2. The van der Waals surface area contributed by atoms with Crippen LogP contribution in [0.2, 0.25) is 0 Å². The van der Waals surface area contributed by atoms with Crippen LogP contribution in [0.4, 0.5) is 0 Å². The molecule has 6 nitrogen and oxygen atoms in total. The first-order valence-electron chi connectivity index (χ1n) is 9.94. The monoisotopic (exact) mass is 379 g/mol. The zero-order valence-corrected chi connectivity index (χ0v) is 16.7. The van der Waals surface area contributed by atoms with E-state index in [2.05, 4.69) is 45.3 Å². The molecule has 3 rings (SSSR count). The molecule has 0 spiro atoms. The molecule has 0 bridgehead atoms. The lowest BCUT2D eigenvalue weighted by Crippen LogP contribution is -2.38. The molecule has 3 aromatic rings. The van der Waals surface area contributed by atoms with Crippen molar-refractivity contribution in [3.05, 3.63) is 60.4 Å². The molecule has 1 heterocycles. The molecule has 2 aromatic carbocycles.